The highest BCUT2D eigenvalue weighted by atomic mass is 35.5. The van der Waals surface area contributed by atoms with Gasteiger partial charge in [-0.05, 0) is 43.0 Å². The third kappa shape index (κ3) is 5.29. The number of aryl methyl sites for hydroxylation is 1. The molecule has 1 aliphatic heterocycles. The number of benzene rings is 2. The number of amidine groups is 1. The Hall–Kier alpha value is -2.64. The standard InChI is InChI=1S/C22H24ClN3O3S/c1-3-19-21(17-8-4-15(2)5-9-17)30(28,29)26-22(19)25-14-20(27)24-13-12-16-6-10-18(23)11-7-16/h4-11H,3,12-14H2,1-2H3,(H,24,27)(H,25,26). The Morgan fingerprint density at radius 2 is 1.77 bits per heavy atom. The molecule has 0 saturated carbocycles. The molecule has 0 fully saturated rings. The molecule has 0 radical (unpaired) electrons. The van der Waals surface area contributed by atoms with Gasteiger partial charge in [0.15, 0.2) is 0 Å². The summed E-state index contributed by atoms with van der Waals surface area (Å²) < 4.78 is 27.8. The highest BCUT2D eigenvalue weighted by Crippen LogP contribution is 2.31. The molecule has 1 amide bonds. The van der Waals surface area contributed by atoms with E-state index in [2.05, 4.69) is 15.0 Å². The molecule has 2 aromatic rings. The maximum absolute atomic E-state index is 12.7. The van der Waals surface area contributed by atoms with Gasteiger partial charge < -0.3 is 5.32 Å². The number of nitrogens with one attached hydrogen (secondary N) is 2. The number of nitrogens with zero attached hydrogens (tertiary/aromatic N) is 1. The zero-order valence-electron chi connectivity index (χ0n) is 16.9. The molecule has 1 heterocycles. The van der Waals surface area contributed by atoms with Gasteiger partial charge in [0.05, 0.1) is 0 Å². The summed E-state index contributed by atoms with van der Waals surface area (Å²) in [6.07, 6.45) is 1.15. The Morgan fingerprint density at radius 1 is 1.10 bits per heavy atom. The van der Waals surface area contributed by atoms with Gasteiger partial charge in [-0.1, -0.05) is 60.5 Å². The van der Waals surface area contributed by atoms with Crippen LogP contribution in [0.4, 0.5) is 0 Å². The zero-order valence-corrected chi connectivity index (χ0v) is 18.5. The molecule has 0 aliphatic carbocycles. The van der Waals surface area contributed by atoms with E-state index in [0.717, 1.165) is 11.1 Å². The molecular formula is C22H24ClN3O3S. The third-order valence-electron chi connectivity index (χ3n) is 4.76. The van der Waals surface area contributed by atoms with Crippen LogP contribution in [0.5, 0.6) is 0 Å². The molecule has 8 heteroatoms. The average Bonchev–Trinajstić information content (AvgIpc) is 2.98. The largest absolute Gasteiger partial charge is 0.354 e. The fourth-order valence-corrected chi connectivity index (χ4v) is 4.89. The molecule has 30 heavy (non-hydrogen) atoms. The van der Waals surface area contributed by atoms with E-state index in [1.165, 1.54) is 0 Å². The quantitative estimate of drug-likeness (QED) is 0.684. The van der Waals surface area contributed by atoms with Gasteiger partial charge in [0, 0.05) is 17.1 Å². The van der Waals surface area contributed by atoms with E-state index in [4.69, 9.17) is 11.6 Å². The number of halogens is 1. The second-order valence-corrected chi connectivity index (χ2v) is 9.08. The van der Waals surface area contributed by atoms with Crippen molar-refractivity contribution in [1.82, 2.24) is 10.0 Å². The van der Waals surface area contributed by atoms with Gasteiger partial charge >= 0.3 is 0 Å². The van der Waals surface area contributed by atoms with Crippen LogP contribution in [-0.4, -0.2) is 33.3 Å². The van der Waals surface area contributed by atoms with Crippen LogP contribution >= 0.6 is 11.6 Å². The predicted octanol–water partition coefficient (Wildman–Crippen LogP) is 3.46. The smallest absolute Gasteiger partial charge is 0.264 e. The van der Waals surface area contributed by atoms with Crippen LogP contribution in [0.3, 0.4) is 0 Å². The minimum absolute atomic E-state index is 0.150. The molecule has 6 nitrogen and oxygen atoms in total. The van der Waals surface area contributed by atoms with E-state index in [-0.39, 0.29) is 23.2 Å². The molecule has 2 aromatic carbocycles. The minimum atomic E-state index is -3.71. The Labute approximate surface area is 182 Å². The first-order valence-electron chi connectivity index (χ1n) is 9.69. The molecule has 0 spiro atoms. The SMILES string of the molecule is CCC1=C(c2ccc(C)cc2)S(=O)(=O)NC1=NCC(=O)NCCc1ccc(Cl)cc1. The van der Waals surface area contributed by atoms with Crippen molar-refractivity contribution in [1.29, 1.82) is 0 Å². The molecule has 0 saturated heterocycles. The first-order valence-corrected chi connectivity index (χ1v) is 11.5. The lowest BCUT2D eigenvalue weighted by Crippen LogP contribution is -2.30. The van der Waals surface area contributed by atoms with E-state index in [9.17, 15) is 13.2 Å². The number of carbonyl (C=O) groups excluding carboxylic acids is 1. The first kappa shape index (κ1) is 22.1. The van der Waals surface area contributed by atoms with E-state index >= 15 is 0 Å². The molecule has 3 rings (SSSR count). The maximum Gasteiger partial charge on any atom is 0.264 e. The van der Waals surface area contributed by atoms with Crippen LogP contribution in [0.1, 0.15) is 30.0 Å². The molecule has 1 aliphatic rings. The maximum atomic E-state index is 12.7. The predicted molar refractivity (Wildman–Crippen MR) is 121 cm³/mol. The molecule has 0 unspecified atom stereocenters. The molecular weight excluding hydrogens is 422 g/mol. The van der Waals surface area contributed by atoms with Crippen molar-refractivity contribution in [2.24, 2.45) is 4.99 Å². The van der Waals surface area contributed by atoms with Crippen molar-refractivity contribution in [2.45, 2.75) is 26.7 Å². The monoisotopic (exact) mass is 445 g/mol. The summed E-state index contributed by atoms with van der Waals surface area (Å²) >= 11 is 5.86. The number of hydrogen-bond donors (Lipinski definition) is 2. The summed E-state index contributed by atoms with van der Waals surface area (Å²) in [5, 5.41) is 3.47. The van der Waals surface area contributed by atoms with E-state index < -0.39 is 10.0 Å². The minimum Gasteiger partial charge on any atom is -0.354 e. The van der Waals surface area contributed by atoms with Crippen LogP contribution < -0.4 is 10.0 Å². The zero-order chi connectivity index (χ0) is 21.7. The van der Waals surface area contributed by atoms with Crippen molar-refractivity contribution < 1.29 is 13.2 Å². The summed E-state index contributed by atoms with van der Waals surface area (Å²) in [5.41, 5.74) is 3.31. The number of amides is 1. The molecule has 0 bridgehead atoms. The lowest BCUT2D eigenvalue weighted by atomic mass is 10.1. The number of hydrogen-bond acceptors (Lipinski definition) is 4. The van der Waals surface area contributed by atoms with Crippen LogP contribution in [0.2, 0.25) is 5.02 Å². The van der Waals surface area contributed by atoms with Crippen LogP contribution in [0.25, 0.3) is 4.91 Å². The highest BCUT2D eigenvalue weighted by molar-refractivity contribution is 8.00. The van der Waals surface area contributed by atoms with Gasteiger partial charge in [-0.3, -0.25) is 14.5 Å². The number of sulfonamides is 1. The van der Waals surface area contributed by atoms with Crippen LogP contribution in [0, 0.1) is 6.92 Å². The lowest BCUT2D eigenvalue weighted by Gasteiger charge is -2.05. The van der Waals surface area contributed by atoms with Gasteiger partial charge in [0.2, 0.25) is 5.91 Å². The number of rotatable bonds is 7. The van der Waals surface area contributed by atoms with E-state index in [1.54, 1.807) is 24.3 Å². The number of aliphatic imine (C=N–C) groups is 1. The average molecular weight is 446 g/mol. The highest BCUT2D eigenvalue weighted by Gasteiger charge is 2.33. The van der Waals surface area contributed by atoms with Gasteiger partial charge in [-0.2, -0.15) is 0 Å². The summed E-state index contributed by atoms with van der Waals surface area (Å²) in [6.45, 7) is 4.12. The van der Waals surface area contributed by atoms with E-state index in [0.29, 0.717) is 35.5 Å². The fraction of sp³-hybridized carbons (Fsp3) is 0.273. The summed E-state index contributed by atoms with van der Waals surface area (Å²) in [7, 11) is -3.71. The molecule has 0 aromatic heterocycles. The Kier molecular flexibility index (Phi) is 6.95. The summed E-state index contributed by atoms with van der Waals surface area (Å²) in [4.78, 5) is 16.6. The molecule has 158 valence electrons. The second-order valence-electron chi connectivity index (χ2n) is 7.02. The van der Waals surface area contributed by atoms with Crippen molar-refractivity contribution in [3.8, 4) is 0 Å². The van der Waals surface area contributed by atoms with Gasteiger partial charge in [0.1, 0.15) is 17.3 Å². The van der Waals surface area contributed by atoms with Crippen molar-refractivity contribution in [2.75, 3.05) is 13.1 Å². The van der Waals surface area contributed by atoms with Crippen molar-refractivity contribution in [3.05, 3.63) is 75.8 Å². The van der Waals surface area contributed by atoms with Crippen molar-refractivity contribution in [3.63, 3.8) is 0 Å². The second kappa shape index (κ2) is 9.45. The van der Waals surface area contributed by atoms with Crippen LogP contribution in [0.15, 0.2) is 59.1 Å². The molecule has 2 N–H and O–H groups in total. The first-order chi connectivity index (χ1) is 14.3. The lowest BCUT2D eigenvalue weighted by molar-refractivity contribution is -0.119. The Morgan fingerprint density at radius 3 is 2.40 bits per heavy atom. The molecule has 0 atom stereocenters. The summed E-state index contributed by atoms with van der Waals surface area (Å²) in [5.74, 6) is -0.0316. The normalized spacial score (nSPS) is 16.6. The summed E-state index contributed by atoms with van der Waals surface area (Å²) in [6, 6.07) is 14.7. The van der Waals surface area contributed by atoms with Gasteiger partial charge in [-0.15, -0.1) is 0 Å². The Bertz CT molecular complexity index is 1090. The van der Waals surface area contributed by atoms with Crippen molar-refractivity contribution >= 4 is 38.3 Å². The third-order valence-corrected chi connectivity index (χ3v) is 6.49. The topological polar surface area (TPSA) is 87.6 Å². The fourth-order valence-electron chi connectivity index (χ4n) is 3.20. The number of carbonyl (C=O) groups is 1. The Balaban J connectivity index is 1.67. The van der Waals surface area contributed by atoms with Gasteiger partial charge in [0.25, 0.3) is 10.0 Å². The van der Waals surface area contributed by atoms with E-state index in [1.807, 2.05) is 38.1 Å². The van der Waals surface area contributed by atoms with Crippen LogP contribution in [-0.2, 0) is 21.2 Å². The van der Waals surface area contributed by atoms with Gasteiger partial charge in [-0.25, -0.2) is 8.42 Å².